The standard InChI is InChI=1S/C12H17F3N4O3/c1-17-10(12(13,14)15)16-19(11(17)21)8-3-5-18(6-4-8)9(20)7-22-2/h8H,3-7H2,1-2H3. The molecule has 1 saturated heterocycles. The van der Waals surface area contributed by atoms with Crippen molar-refractivity contribution in [2.45, 2.75) is 25.1 Å². The normalized spacial score (nSPS) is 17.0. The maximum absolute atomic E-state index is 12.8. The van der Waals surface area contributed by atoms with Gasteiger partial charge in [0.05, 0.1) is 6.04 Å². The molecule has 0 bridgehead atoms. The van der Waals surface area contributed by atoms with Gasteiger partial charge in [-0.25, -0.2) is 9.48 Å². The molecule has 0 N–H and O–H groups in total. The van der Waals surface area contributed by atoms with Crippen LogP contribution in [0.5, 0.6) is 0 Å². The molecule has 0 spiro atoms. The summed E-state index contributed by atoms with van der Waals surface area (Å²) in [5.74, 6) is -1.39. The Kier molecular flexibility index (Phi) is 4.59. The molecule has 10 heteroatoms. The number of alkyl halides is 3. The summed E-state index contributed by atoms with van der Waals surface area (Å²) < 4.78 is 44.4. The molecule has 124 valence electrons. The van der Waals surface area contributed by atoms with E-state index >= 15 is 0 Å². The van der Waals surface area contributed by atoms with Crippen molar-refractivity contribution >= 4 is 5.91 Å². The summed E-state index contributed by atoms with van der Waals surface area (Å²) in [6, 6.07) is -0.443. The summed E-state index contributed by atoms with van der Waals surface area (Å²) in [6.45, 7) is 0.681. The first-order chi connectivity index (χ1) is 10.3. The summed E-state index contributed by atoms with van der Waals surface area (Å²) in [6.07, 6.45) is -3.92. The Bertz CT molecular complexity index is 600. The van der Waals surface area contributed by atoms with Gasteiger partial charge < -0.3 is 9.64 Å². The molecule has 2 rings (SSSR count). The predicted molar refractivity (Wildman–Crippen MR) is 69.2 cm³/mol. The molecule has 0 aromatic carbocycles. The zero-order chi connectivity index (χ0) is 16.5. The Morgan fingerprint density at radius 2 is 1.95 bits per heavy atom. The van der Waals surface area contributed by atoms with Gasteiger partial charge in [0.15, 0.2) is 0 Å². The molecule has 1 fully saturated rings. The number of methoxy groups -OCH3 is 1. The van der Waals surface area contributed by atoms with Crippen LogP contribution in [-0.2, 0) is 22.8 Å². The molecule has 1 aromatic rings. The molecule has 2 heterocycles. The van der Waals surface area contributed by atoms with E-state index in [0.29, 0.717) is 30.5 Å². The minimum absolute atomic E-state index is 0.0353. The van der Waals surface area contributed by atoms with Crippen molar-refractivity contribution < 1.29 is 22.7 Å². The SMILES string of the molecule is COCC(=O)N1CCC(n2nc(C(F)(F)F)n(C)c2=O)CC1. The number of amides is 1. The van der Waals surface area contributed by atoms with Crippen molar-refractivity contribution in [3.8, 4) is 0 Å². The van der Waals surface area contributed by atoms with Crippen LogP contribution in [0.2, 0.25) is 0 Å². The van der Waals surface area contributed by atoms with E-state index in [0.717, 1.165) is 11.7 Å². The maximum atomic E-state index is 12.8. The topological polar surface area (TPSA) is 69.4 Å². The van der Waals surface area contributed by atoms with Crippen LogP contribution in [0.25, 0.3) is 0 Å². The lowest BCUT2D eigenvalue weighted by Gasteiger charge is -2.31. The molecule has 0 unspecified atom stereocenters. The number of hydrogen-bond acceptors (Lipinski definition) is 4. The second-order valence-corrected chi connectivity index (χ2v) is 5.15. The second-order valence-electron chi connectivity index (χ2n) is 5.15. The van der Waals surface area contributed by atoms with E-state index in [1.807, 2.05) is 0 Å². The Balaban J connectivity index is 2.12. The summed E-state index contributed by atoms with van der Waals surface area (Å²) in [7, 11) is 2.46. The highest BCUT2D eigenvalue weighted by molar-refractivity contribution is 5.77. The van der Waals surface area contributed by atoms with Gasteiger partial charge in [-0.15, -0.1) is 5.10 Å². The number of ether oxygens (including phenoxy) is 1. The molecule has 0 radical (unpaired) electrons. The first kappa shape index (κ1) is 16.5. The van der Waals surface area contributed by atoms with Crippen molar-refractivity contribution in [3.05, 3.63) is 16.3 Å². The predicted octanol–water partition coefficient (Wildman–Crippen LogP) is 0.411. The smallest absolute Gasteiger partial charge is 0.375 e. The number of carbonyl (C=O) groups is 1. The highest BCUT2D eigenvalue weighted by Gasteiger charge is 2.39. The van der Waals surface area contributed by atoms with Gasteiger partial charge in [0.25, 0.3) is 0 Å². The number of aromatic nitrogens is 3. The third-order valence-electron chi connectivity index (χ3n) is 3.69. The number of halogens is 3. The maximum Gasteiger partial charge on any atom is 0.451 e. The molecule has 1 aromatic heterocycles. The van der Waals surface area contributed by atoms with Crippen LogP contribution in [0, 0.1) is 0 Å². The summed E-state index contributed by atoms with van der Waals surface area (Å²) in [5, 5.41) is 3.42. The molecule has 1 amide bonds. The molecule has 22 heavy (non-hydrogen) atoms. The molecule has 0 aliphatic carbocycles. The van der Waals surface area contributed by atoms with E-state index in [1.165, 1.54) is 7.11 Å². The number of hydrogen-bond donors (Lipinski definition) is 0. The lowest BCUT2D eigenvalue weighted by Crippen LogP contribution is -2.42. The van der Waals surface area contributed by atoms with Gasteiger partial charge in [0.2, 0.25) is 11.7 Å². The van der Waals surface area contributed by atoms with Crippen LogP contribution in [0.3, 0.4) is 0 Å². The summed E-state index contributed by atoms with van der Waals surface area (Å²) in [5.41, 5.74) is -0.797. The number of piperidine rings is 1. The molecular formula is C12H17F3N4O3. The third-order valence-corrected chi connectivity index (χ3v) is 3.69. The van der Waals surface area contributed by atoms with E-state index in [-0.39, 0.29) is 12.5 Å². The molecule has 1 aliphatic heterocycles. The van der Waals surface area contributed by atoms with Crippen molar-refractivity contribution in [1.82, 2.24) is 19.2 Å². The zero-order valence-corrected chi connectivity index (χ0v) is 12.3. The number of likely N-dealkylation sites (tertiary alicyclic amines) is 1. The van der Waals surface area contributed by atoms with Gasteiger partial charge in [-0.2, -0.15) is 13.2 Å². The number of nitrogens with zero attached hydrogens (tertiary/aromatic N) is 4. The van der Waals surface area contributed by atoms with Crippen LogP contribution in [0.1, 0.15) is 24.7 Å². The van der Waals surface area contributed by atoms with E-state index in [2.05, 4.69) is 5.10 Å². The Morgan fingerprint density at radius 1 is 1.36 bits per heavy atom. The third kappa shape index (κ3) is 3.16. The van der Waals surface area contributed by atoms with Crippen molar-refractivity contribution in [2.24, 2.45) is 7.05 Å². The monoisotopic (exact) mass is 322 g/mol. The average Bonchev–Trinajstić information content (AvgIpc) is 2.76. The summed E-state index contributed by atoms with van der Waals surface area (Å²) >= 11 is 0. The Hall–Kier alpha value is -1.84. The van der Waals surface area contributed by atoms with Crippen LogP contribution >= 0.6 is 0 Å². The van der Waals surface area contributed by atoms with Gasteiger partial charge in [-0.1, -0.05) is 0 Å². The quantitative estimate of drug-likeness (QED) is 0.808. The molecule has 0 saturated carbocycles. The largest absolute Gasteiger partial charge is 0.451 e. The lowest BCUT2D eigenvalue weighted by atomic mass is 10.1. The second kappa shape index (κ2) is 6.11. The van der Waals surface area contributed by atoms with Gasteiger partial charge in [-0.05, 0) is 12.8 Å². The Morgan fingerprint density at radius 3 is 2.41 bits per heavy atom. The van der Waals surface area contributed by atoms with Gasteiger partial charge >= 0.3 is 11.9 Å². The molecule has 0 atom stereocenters. The number of rotatable bonds is 3. The van der Waals surface area contributed by atoms with Crippen LogP contribution in [-0.4, -0.2) is 52.0 Å². The first-order valence-corrected chi connectivity index (χ1v) is 6.75. The molecule has 7 nitrogen and oxygen atoms in total. The Labute approximate surface area is 124 Å². The van der Waals surface area contributed by atoms with Crippen LogP contribution < -0.4 is 5.69 Å². The van der Waals surface area contributed by atoms with Crippen LogP contribution in [0.15, 0.2) is 4.79 Å². The van der Waals surface area contributed by atoms with Crippen molar-refractivity contribution in [1.29, 1.82) is 0 Å². The highest BCUT2D eigenvalue weighted by Crippen LogP contribution is 2.28. The van der Waals surface area contributed by atoms with E-state index in [9.17, 15) is 22.8 Å². The van der Waals surface area contributed by atoms with Crippen LogP contribution in [0.4, 0.5) is 13.2 Å². The molecular weight excluding hydrogens is 305 g/mol. The molecule has 1 aliphatic rings. The minimum Gasteiger partial charge on any atom is -0.375 e. The lowest BCUT2D eigenvalue weighted by molar-refractivity contribution is -0.147. The fraction of sp³-hybridized carbons (Fsp3) is 0.750. The minimum atomic E-state index is -4.67. The van der Waals surface area contributed by atoms with Gasteiger partial charge in [0.1, 0.15) is 6.61 Å². The van der Waals surface area contributed by atoms with Crippen molar-refractivity contribution in [2.75, 3.05) is 26.8 Å². The number of carbonyl (C=O) groups excluding carboxylic acids is 1. The van der Waals surface area contributed by atoms with E-state index in [4.69, 9.17) is 4.74 Å². The average molecular weight is 322 g/mol. The summed E-state index contributed by atoms with van der Waals surface area (Å²) in [4.78, 5) is 25.1. The fourth-order valence-corrected chi connectivity index (χ4v) is 2.52. The highest BCUT2D eigenvalue weighted by atomic mass is 19.4. The fourth-order valence-electron chi connectivity index (χ4n) is 2.52. The van der Waals surface area contributed by atoms with E-state index < -0.39 is 23.7 Å². The zero-order valence-electron chi connectivity index (χ0n) is 12.3. The first-order valence-electron chi connectivity index (χ1n) is 6.75. The van der Waals surface area contributed by atoms with Crippen molar-refractivity contribution in [3.63, 3.8) is 0 Å². The van der Waals surface area contributed by atoms with E-state index in [1.54, 1.807) is 4.90 Å². The van der Waals surface area contributed by atoms with Gasteiger partial charge in [-0.3, -0.25) is 9.36 Å². The van der Waals surface area contributed by atoms with Gasteiger partial charge in [0, 0.05) is 27.2 Å².